The predicted molar refractivity (Wildman–Crippen MR) is 92.7 cm³/mol. The second-order valence-electron chi connectivity index (χ2n) is 7.06. The van der Waals surface area contributed by atoms with Crippen LogP contribution in [0.15, 0.2) is 40.9 Å². The molecular weight excluding hydrogens is 291 g/mol. The van der Waals surface area contributed by atoms with E-state index in [1.165, 1.54) is 6.07 Å². The summed E-state index contributed by atoms with van der Waals surface area (Å²) in [5.74, 6) is -0.238. The highest BCUT2D eigenvalue weighted by Gasteiger charge is 2.30. The van der Waals surface area contributed by atoms with Gasteiger partial charge < -0.3 is 9.67 Å². The van der Waals surface area contributed by atoms with Crippen molar-refractivity contribution in [3.05, 3.63) is 47.4 Å². The summed E-state index contributed by atoms with van der Waals surface area (Å²) in [6.07, 6.45) is 2.75. The molecule has 1 unspecified atom stereocenters. The van der Waals surface area contributed by atoms with Crippen LogP contribution in [0.2, 0.25) is 0 Å². The average Bonchev–Trinajstić information content (AvgIpc) is 2.88. The Labute approximate surface area is 136 Å². The van der Waals surface area contributed by atoms with Crippen LogP contribution in [0.4, 0.5) is 4.39 Å². The highest BCUT2D eigenvalue weighted by molar-refractivity contribution is 6.15. The third kappa shape index (κ3) is 2.72. The third-order valence-electron chi connectivity index (χ3n) is 4.20. The van der Waals surface area contributed by atoms with Crippen molar-refractivity contribution >= 4 is 16.6 Å². The number of hydrogen-bond donors (Lipinski definition) is 1. The first-order valence-corrected chi connectivity index (χ1v) is 8.02. The van der Waals surface area contributed by atoms with Crippen molar-refractivity contribution in [2.24, 2.45) is 4.99 Å². The van der Waals surface area contributed by atoms with Crippen LogP contribution in [-0.4, -0.2) is 27.5 Å². The van der Waals surface area contributed by atoms with Gasteiger partial charge in [-0.2, -0.15) is 0 Å². The molecule has 0 spiro atoms. The smallest absolute Gasteiger partial charge is 0.132 e. The molecule has 2 heterocycles. The molecule has 0 saturated heterocycles. The van der Waals surface area contributed by atoms with Crippen LogP contribution in [0, 0.1) is 5.82 Å². The second-order valence-corrected chi connectivity index (χ2v) is 7.06. The van der Waals surface area contributed by atoms with Crippen molar-refractivity contribution in [2.45, 2.75) is 45.7 Å². The van der Waals surface area contributed by atoms with Gasteiger partial charge in [0.25, 0.3) is 0 Å². The van der Waals surface area contributed by atoms with Gasteiger partial charge in [0.1, 0.15) is 5.82 Å². The van der Waals surface area contributed by atoms with E-state index in [0.717, 1.165) is 22.5 Å². The minimum atomic E-state index is -0.238. The zero-order valence-corrected chi connectivity index (χ0v) is 14.1. The van der Waals surface area contributed by atoms with E-state index in [-0.39, 0.29) is 24.0 Å². The highest BCUT2D eigenvalue weighted by atomic mass is 19.1. The molecule has 1 aromatic heterocycles. The minimum absolute atomic E-state index is 0.0213. The number of aliphatic hydroxyl groups is 1. The number of hydrogen-bond acceptors (Lipinski definition) is 2. The topological polar surface area (TPSA) is 37.5 Å². The Morgan fingerprint density at radius 3 is 2.74 bits per heavy atom. The maximum absolute atomic E-state index is 14.2. The minimum Gasteiger partial charge on any atom is -0.394 e. The van der Waals surface area contributed by atoms with Gasteiger partial charge in [0.05, 0.1) is 35.1 Å². The molecule has 0 amide bonds. The predicted octanol–water partition coefficient (Wildman–Crippen LogP) is 4.25. The largest absolute Gasteiger partial charge is 0.394 e. The van der Waals surface area contributed by atoms with E-state index in [4.69, 9.17) is 4.99 Å². The fraction of sp³-hybridized carbons (Fsp3) is 0.421. The molecule has 1 aromatic carbocycles. The van der Waals surface area contributed by atoms with Crippen molar-refractivity contribution < 1.29 is 9.50 Å². The van der Waals surface area contributed by atoms with E-state index in [2.05, 4.69) is 20.8 Å². The van der Waals surface area contributed by atoms with Crippen molar-refractivity contribution in [1.29, 1.82) is 0 Å². The maximum atomic E-state index is 14.2. The lowest BCUT2D eigenvalue weighted by Crippen LogP contribution is -2.29. The normalized spacial score (nSPS) is 22.1. The molecule has 0 aliphatic carbocycles. The zero-order valence-electron chi connectivity index (χ0n) is 14.1. The van der Waals surface area contributed by atoms with Crippen molar-refractivity contribution in [3.8, 4) is 0 Å². The number of aliphatic imine (C=N–C) groups is 1. The van der Waals surface area contributed by atoms with Gasteiger partial charge in [0, 0.05) is 5.39 Å². The molecule has 0 fully saturated rings. The van der Waals surface area contributed by atoms with Crippen LogP contribution in [0.1, 0.15) is 45.9 Å². The molecule has 0 saturated carbocycles. The highest BCUT2D eigenvalue weighted by Crippen LogP contribution is 2.36. The van der Waals surface area contributed by atoms with Gasteiger partial charge in [0.2, 0.25) is 0 Å². The molecule has 2 aromatic rings. The van der Waals surface area contributed by atoms with E-state index < -0.39 is 0 Å². The standard InChI is InChI=1S/C19H23FN2O/c1-5-12-9-13(11-23)22-16-8-6-7-15(20)14(16)10-17(22)18(12)21-19(2,3)4/h5-8,10,13,23H,9,11H2,1-4H3/b12-5-,21-18+. The van der Waals surface area contributed by atoms with Crippen LogP contribution in [0.5, 0.6) is 0 Å². The number of allylic oxidation sites excluding steroid dienone is 2. The summed E-state index contributed by atoms with van der Waals surface area (Å²) < 4.78 is 16.3. The van der Waals surface area contributed by atoms with Crippen molar-refractivity contribution in [1.82, 2.24) is 4.57 Å². The molecule has 1 aliphatic rings. The number of aromatic nitrogens is 1. The average molecular weight is 314 g/mol. The van der Waals surface area contributed by atoms with E-state index in [1.54, 1.807) is 6.07 Å². The summed E-state index contributed by atoms with van der Waals surface area (Å²) in [5.41, 5.74) is 3.49. The molecule has 0 radical (unpaired) electrons. The lowest BCUT2D eigenvalue weighted by atomic mass is 9.94. The van der Waals surface area contributed by atoms with Crippen molar-refractivity contribution in [3.63, 3.8) is 0 Å². The Morgan fingerprint density at radius 2 is 2.13 bits per heavy atom. The summed E-state index contributed by atoms with van der Waals surface area (Å²) in [6, 6.07) is 6.86. The Bertz CT molecular complexity index is 809. The number of rotatable bonds is 1. The molecule has 1 atom stereocenters. The molecule has 3 rings (SSSR count). The lowest BCUT2D eigenvalue weighted by Gasteiger charge is -2.30. The van der Waals surface area contributed by atoms with Gasteiger partial charge in [-0.1, -0.05) is 12.1 Å². The molecule has 4 heteroatoms. The summed E-state index contributed by atoms with van der Waals surface area (Å²) in [7, 11) is 0. The van der Waals surface area contributed by atoms with Crippen LogP contribution < -0.4 is 0 Å². The quantitative estimate of drug-likeness (QED) is 0.839. The summed E-state index contributed by atoms with van der Waals surface area (Å²) in [5, 5.41) is 10.4. The Morgan fingerprint density at radius 1 is 1.39 bits per heavy atom. The monoisotopic (exact) mass is 314 g/mol. The van der Waals surface area contributed by atoms with Gasteiger partial charge >= 0.3 is 0 Å². The first-order valence-electron chi connectivity index (χ1n) is 8.02. The van der Waals surface area contributed by atoms with Gasteiger partial charge in [-0.25, -0.2) is 4.39 Å². The summed E-state index contributed by atoms with van der Waals surface area (Å²) >= 11 is 0. The summed E-state index contributed by atoms with van der Waals surface area (Å²) in [4.78, 5) is 4.88. The molecule has 1 N–H and O–H groups in total. The van der Waals surface area contributed by atoms with Gasteiger partial charge in [-0.15, -0.1) is 0 Å². The Balaban J connectivity index is 2.36. The molecule has 3 nitrogen and oxygen atoms in total. The maximum Gasteiger partial charge on any atom is 0.132 e. The SMILES string of the molecule is C/C=C1/CC(CO)n2c(cc3c(F)cccc32)/C1=N/C(C)(C)C. The number of nitrogens with zero attached hydrogens (tertiary/aromatic N) is 2. The molecule has 1 aliphatic heterocycles. The van der Waals surface area contributed by atoms with Crippen LogP contribution in [-0.2, 0) is 0 Å². The van der Waals surface area contributed by atoms with E-state index in [0.29, 0.717) is 11.8 Å². The lowest BCUT2D eigenvalue weighted by molar-refractivity contribution is 0.228. The fourth-order valence-corrected chi connectivity index (χ4v) is 3.26. The molecule has 122 valence electrons. The Hall–Kier alpha value is -1.94. The van der Waals surface area contributed by atoms with Crippen LogP contribution in [0.3, 0.4) is 0 Å². The first kappa shape index (κ1) is 15.9. The Kier molecular flexibility index (Phi) is 3.88. The number of halogens is 1. The fourth-order valence-electron chi connectivity index (χ4n) is 3.26. The van der Waals surface area contributed by atoms with Crippen LogP contribution >= 0.6 is 0 Å². The first-order chi connectivity index (χ1) is 10.9. The van der Waals surface area contributed by atoms with E-state index in [9.17, 15) is 9.50 Å². The van der Waals surface area contributed by atoms with E-state index >= 15 is 0 Å². The zero-order chi connectivity index (χ0) is 16.8. The van der Waals surface area contributed by atoms with Gasteiger partial charge in [-0.05, 0) is 57.9 Å². The van der Waals surface area contributed by atoms with Crippen molar-refractivity contribution in [2.75, 3.05) is 6.61 Å². The van der Waals surface area contributed by atoms with Crippen LogP contribution in [0.25, 0.3) is 10.9 Å². The second kappa shape index (κ2) is 5.60. The number of aliphatic hydroxyl groups excluding tert-OH is 1. The van der Waals surface area contributed by atoms with Gasteiger partial charge in [-0.3, -0.25) is 4.99 Å². The number of fused-ring (bicyclic) bond motifs is 3. The van der Waals surface area contributed by atoms with E-state index in [1.807, 2.05) is 29.7 Å². The number of benzene rings is 1. The summed E-state index contributed by atoms with van der Waals surface area (Å²) in [6.45, 7) is 8.17. The molecule has 23 heavy (non-hydrogen) atoms. The third-order valence-corrected chi connectivity index (χ3v) is 4.20. The molecular formula is C19H23FN2O. The van der Waals surface area contributed by atoms with Gasteiger partial charge in [0.15, 0.2) is 0 Å². The molecule has 0 bridgehead atoms.